The largest absolute Gasteiger partial charge is 0.446 e. The Morgan fingerprint density at radius 2 is 1.42 bits per heavy atom. The monoisotopic (exact) mass is 1770 g/mol. The van der Waals surface area contributed by atoms with Crippen LogP contribution >= 0.6 is 21.6 Å². The number of rotatable bonds is 28. The topological polar surface area (TPSA) is 388 Å². The molecule has 6 fully saturated rings. The molecule has 684 valence electrons. The predicted molar refractivity (Wildman–Crippen MR) is 483 cm³/mol. The Balaban J connectivity index is 0.00000841. The molecule has 0 spiro atoms. The van der Waals surface area contributed by atoms with Crippen molar-refractivity contribution in [3.05, 3.63) is 150 Å². The Labute approximate surface area is 747 Å². The molecular weight excluding hydrogens is 1630 g/mol. The molecule has 3 saturated carbocycles. The number of allylic oxidation sites excluding steroid dienone is 3. The van der Waals surface area contributed by atoms with Crippen LogP contribution in [0.3, 0.4) is 0 Å². The third-order valence-electron chi connectivity index (χ3n) is 28.4. The number of benzene rings is 2. The Hall–Kier alpha value is -8.94. The maximum Gasteiger partial charge on any atom is 0.407 e. The van der Waals surface area contributed by atoms with Gasteiger partial charge in [-0.15, -0.1) is 0 Å². The van der Waals surface area contributed by atoms with Crippen molar-refractivity contribution in [1.82, 2.24) is 63.0 Å². The van der Waals surface area contributed by atoms with Crippen LogP contribution in [0.1, 0.15) is 195 Å². The molecule has 10 amide bonds. The van der Waals surface area contributed by atoms with Crippen molar-refractivity contribution in [3.8, 4) is 0 Å². The third-order valence-corrected chi connectivity index (χ3v) is 30.8. The van der Waals surface area contributed by atoms with Crippen LogP contribution in [-0.4, -0.2) is 219 Å². The highest BCUT2D eigenvalue weighted by Crippen LogP contribution is 2.67. The lowest BCUT2D eigenvalue weighted by molar-refractivity contribution is -0.671. The molecule has 1 aromatic heterocycles. The molecule has 0 radical (unpaired) electrons. The second kappa shape index (κ2) is 44.2. The molecule has 125 heavy (non-hydrogen) atoms. The SMILES string of the molecule is CC(C)CCCC(C)C1CCC2C3CC=C4C[C@@H](OC(=O)NCCCCC5NCC(=O)C(CC6=CNC7C=CC=CC67)NC(=O)C(Cc6ccccc6)NC(=O)C(NC(=O)C(Cc6ccccc6)NC(=O)C6CCCN6C(=O)C6CCCN6C(=O)c6ccc[n+](C)c6)CSSCC(C(=O)NC(CO)C(C)O)NC(=O)C(C(C)O)NC5=O)CCC4(C)C3CCC12C.[2HH].[2HH]. The van der Waals surface area contributed by atoms with Crippen molar-refractivity contribution in [2.45, 2.75) is 268 Å². The number of Topliss-reactive ketones (excluding diaryl/α,β-unsaturated/α-hetero) is 1. The van der Waals surface area contributed by atoms with Gasteiger partial charge in [0.1, 0.15) is 61.0 Å². The highest BCUT2D eigenvalue weighted by atomic mass is 33.1. The molecule has 21 unspecified atom stereocenters. The van der Waals surface area contributed by atoms with E-state index in [0.29, 0.717) is 72.6 Å². The first kappa shape index (κ1) is 95.2. The number of carbonyl (C=O) groups is 11. The van der Waals surface area contributed by atoms with Crippen LogP contribution in [-0.2, 0) is 67.8 Å². The van der Waals surface area contributed by atoms with Crippen LogP contribution in [0, 0.1) is 52.3 Å². The summed E-state index contributed by atoms with van der Waals surface area (Å²) >= 11 is 0. The number of alkyl carbamates (subject to hydrolysis) is 1. The number of amides is 10. The number of carbonyl (C=O) groups excluding carboxylic acids is 11. The zero-order chi connectivity index (χ0) is 89.2. The van der Waals surface area contributed by atoms with Crippen LogP contribution in [0.25, 0.3) is 0 Å². The number of ketones is 1. The van der Waals surface area contributed by atoms with Gasteiger partial charge in [-0.2, -0.15) is 0 Å². The molecule has 12 rings (SSSR count). The number of aromatic nitrogens is 1. The molecular formula is C95H138N13O15S2+. The van der Waals surface area contributed by atoms with Gasteiger partial charge in [0, 0.05) is 65.2 Å². The lowest BCUT2D eigenvalue weighted by Crippen LogP contribution is -2.61. The standard InChI is InChI=1S/C95H133N13O15S2.2H2/c1-57(2)23-19-24-58(3)69-37-38-70-68-36-35-65-50-66(39-41-94(65,6)71(68)40-42-95(69,70)7)123-93(122)96-43-18-17-32-73-84(113)105-83(60(5)111)90(119)104-79(88(117)102-77(54-109)59(4)110)56-125-124-55-78(87(116)100-75(47-61-25-11-9-12-26-61)85(114)99-74(82(112)52-98-73)49-64-51-97-72-31-16-15-30-67(64)72)103-86(115)76(48-62-27-13-10-14-28-62)101-89(118)80-33-21-45-107(80)92(121)81-34-22-46-108(81)91(120)63-29-20-44-106(8)53-63;;/h9-16,20,25-31,35,44,51,53,57-60,66-81,83,97-98,109-111H,17-19,21-24,32-34,36-43,45-50,52,54-56H2,1-8H3,(H7-,96,99,100,101,102,103,104,105,113,114,115,116,117,118,119,122);2*1H/p+1/t58?,59?,60?,66-,67?,68?,69?,70?,71?,72?,73?,74?,75?,76?,77?,78?,79?,80?,81?,83?,94?,95?;;/m0../s1/i;2*1+1. The van der Waals surface area contributed by atoms with E-state index < -0.39 is 145 Å². The summed E-state index contributed by atoms with van der Waals surface area (Å²) in [4.78, 5) is 167. The Bertz CT molecular complexity index is 4430. The molecule has 2 aromatic carbocycles. The number of fused-ring (bicyclic) bond motifs is 6. The average molecular weight is 1770 g/mol. The highest BCUT2D eigenvalue weighted by molar-refractivity contribution is 8.76. The van der Waals surface area contributed by atoms with Gasteiger partial charge in [-0.3, -0.25) is 53.3 Å². The van der Waals surface area contributed by atoms with E-state index in [1.54, 1.807) is 108 Å². The summed E-state index contributed by atoms with van der Waals surface area (Å²) in [6, 6.07) is 7.58. The van der Waals surface area contributed by atoms with Crippen molar-refractivity contribution in [2.24, 2.45) is 59.3 Å². The molecule has 28 nitrogen and oxygen atoms in total. The minimum absolute atomic E-state index is 0. The molecule has 5 aliphatic carbocycles. The van der Waals surface area contributed by atoms with Gasteiger partial charge in [-0.25, -0.2) is 9.36 Å². The van der Waals surface area contributed by atoms with E-state index in [1.165, 1.54) is 69.3 Å². The lowest BCUT2D eigenvalue weighted by atomic mass is 9.47. The molecule has 9 aliphatic rings. The van der Waals surface area contributed by atoms with E-state index in [2.05, 4.69) is 93.9 Å². The van der Waals surface area contributed by atoms with Gasteiger partial charge < -0.3 is 77.7 Å². The van der Waals surface area contributed by atoms with E-state index in [1.807, 2.05) is 24.3 Å². The Morgan fingerprint density at radius 1 is 0.704 bits per heavy atom. The summed E-state index contributed by atoms with van der Waals surface area (Å²) in [5.74, 6) is -3.77. The quantitative estimate of drug-likeness (QED) is 0.0145. The molecule has 5 heterocycles. The summed E-state index contributed by atoms with van der Waals surface area (Å²) in [5.41, 5.74) is 4.23. The van der Waals surface area contributed by atoms with E-state index in [4.69, 9.17) is 4.74 Å². The summed E-state index contributed by atoms with van der Waals surface area (Å²) in [5, 5.41) is 61.4. The Morgan fingerprint density at radius 3 is 2.14 bits per heavy atom. The minimum atomic E-state index is -1.74. The van der Waals surface area contributed by atoms with Crippen molar-refractivity contribution in [1.29, 1.82) is 0 Å². The van der Waals surface area contributed by atoms with Crippen LogP contribution in [0.5, 0.6) is 0 Å². The van der Waals surface area contributed by atoms with Crippen LogP contribution < -0.4 is 57.7 Å². The molecule has 3 saturated heterocycles. The average Bonchev–Trinajstić information content (AvgIpc) is 1.63. The van der Waals surface area contributed by atoms with Gasteiger partial charge >= 0.3 is 6.09 Å². The number of unbranched alkanes of at least 4 members (excludes halogenated alkanes) is 1. The number of ether oxygens (including phenoxy) is 1. The van der Waals surface area contributed by atoms with Gasteiger partial charge in [0.15, 0.2) is 18.2 Å². The number of likely N-dealkylation sites (tertiary alicyclic amines) is 2. The summed E-state index contributed by atoms with van der Waals surface area (Å²) in [6.45, 7) is 14.3. The number of aliphatic hydroxyl groups is 3. The van der Waals surface area contributed by atoms with Crippen molar-refractivity contribution in [3.63, 3.8) is 0 Å². The predicted octanol–water partition coefficient (Wildman–Crippen LogP) is 7.45. The van der Waals surface area contributed by atoms with Crippen LogP contribution in [0.4, 0.5) is 4.79 Å². The molecule has 13 N–H and O–H groups in total. The summed E-state index contributed by atoms with van der Waals surface area (Å²) in [7, 11) is 3.73. The van der Waals surface area contributed by atoms with Gasteiger partial charge in [0.25, 0.3) is 5.91 Å². The number of hydrogen-bond acceptors (Lipinski definition) is 19. The fourth-order valence-electron chi connectivity index (χ4n) is 21.3. The van der Waals surface area contributed by atoms with Gasteiger partial charge in [-0.1, -0.05) is 172 Å². The normalized spacial score (nSPS) is 30.4. The number of nitrogens with one attached hydrogen (secondary N) is 10. The van der Waals surface area contributed by atoms with Crippen molar-refractivity contribution in [2.75, 3.05) is 44.3 Å². The zero-order valence-corrected chi connectivity index (χ0v) is 75.5. The molecule has 30 heteroatoms. The minimum Gasteiger partial charge on any atom is -0.446 e. The van der Waals surface area contributed by atoms with Gasteiger partial charge in [0.05, 0.1) is 49.5 Å². The first-order valence-electron chi connectivity index (χ1n) is 45.7. The molecule has 4 aliphatic heterocycles. The second-order valence-corrected chi connectivity index (χ2v) is 40.0. The smallest absolute Gasteiger partial charge is 0.407 e. The second-order valence-electron chi connectivity index (χ2n) is 37.4. The summed E-state index contributed by atoms with van der Waals surface area (Å²) < 4.78 is 7.93. The van der Waals surface area contributed by atoms with E-state index in [9.17, 15) is 44.1 Å². The number of pyridine rings is 1. The van der Waals surface area contributed by atoms with E-state index >= 15 is 24.0 Å². The van der Waals surface area contributed by atoms with Gasteiger partial charge in [-0.05, 0) is 185 Å². The Kier molecular flexibility index (Phi) is 33.6. The lowest BCUT2D eigenvalue weighted by Gasteiger charge is -2.58. The molecule has 22 atom stereocenters. The highest BCUT2D eigenvalue weighted by Gasteiger charge is 2.60. The van der Waals surface area contributed by atoms with E-state index in [0.717, 1.165) is 70.1 Å². The van der Waals surface area contributed by atoms with Crippen molar-refractivity contribution < 1.29 is 80.2 Å². The number of aliphatic hydroxyl groups excluding tert-OH is 3. The zero-order valence-electron chi connectivity index (χ0n) is 73.9. The molecule has 3 aromatic rings. The summed E-state index contributed by atoms with van der Waals surface area (Å²) in [6.07, 6.45) is 26.4. The first-order valence-corrected chi connectivity index (χ1v) is 48.2. The fourth-order valence-corrected chi connectivity index (χ4v) is 23.7. The number of nitrogens with zero attached hydrogens (tertiary/aromatic N) is 3. The third kappa shape index (κ3) is 24.1. The molecule has 0 bridgehead atoms. The van der Waals surface area contributed by atoms with Crippen LogP contribution in [0.2, 0.25) is 0 Å². The maximum atomic E-state index is 15.6. The van der Waals surface area contributed by atoms with Crippen molar-refractivity contribution >= 4 is 86.6 Å². The number of aryl methyl sites for hydroxylation is 1. The number of hydrogen-bond donors (Lipinski definition) is 13. The van der Waals surface area contributed by atoms with E-state index in [-0.39, 0.29) is 95.4 Å². The van der Waals surface area contributed by atoms with Gasteiger partial charge in [0.2, 0.25) is 47.3 Å². The fraction of sp³-hybridized carbons (Fsp3) is 0.621. The maximum absolute atomic E-state index is 15.6. The van der Waals surface area contributed by atoms with Crippen LogP contribution in [0.15, 0.2) is 133 Å². The first-order chi connectivity index (χ1) is 60.0.